The van der Waals surface area contributed by atoms with Crippen molar-refractivity contribution in [2.24, 2.45) is 57.0 Å². The molecule has 0 aromatic heterocycles. The van der Waals surface area contributed by atoms with Crippen LogP contribution in [-0.2, 0) is 9.53 Å². The van der Waals surface area contributed by atoms with Crippen LogP contribution in [0.5, 0.6) is 0 Å². The summed E-state index contributed by atoms with van der Waals surface area (Å²) in [6, 6.07) is 0. The smallest absolute Gasteiger partial charge is 0.333 e. The van der Waals surface area contributed by atoms with Crippen molar-refractivity contribution in [1.82, 2.24) is 0 Å². The largest absolute Gasteiger partial charge is 0.466 e. The summed E-state index contributed by atoms with van der Waals surface area (Å²) in [5, 5.41) is 0. The zero-order valence-corrected chi connectivity index (χ0v) is 26.5. The van der Waals surface area contributed by atoms with E-state index in [1.807, 2.05) is 6.08 Å². The van der Waals surface area contributed by atoms with Crippen LogP contribution < -0.4 is 5.73 Å². The predicted octanol–water partition coefficient (Wildman–Crippen LogP) is 8.71. The van der Waals surface area contributed by atoms with Gasteiger partial charge in [-0.2, -0.15) is 0 Å². The topological polar surface area (TPSA) is 52.3 Å². The molecule has 0 spiro atoms. The zero-order chi connectivity index (χ0) is 28.9. The van der Waals surface area contributed by atoms with Gasteiger partial charge in [0.2, 0.25) is 0 Å². The second-order valence-corrected chi connectivity index (χ2v) is 16.3. The molecule has 0 bridgehead atoms. The van der Waals surface area contributed by atoms with E-state index in [0.717, 1.165) is 30.3 Å². The van der Waals surface area contributed by atoms with E-state index in [1.54, 1.807) is 5.57 Å². The lowest BCUT2D eigenvalue weighted by molar-refractivity contribution is -0.219. The van der Waals surface area contributed by atoms with Gasteiger partial charge in [-0.1, -0.05) is 65.0 Å². The number of carbonyl (C=O) groups excluding carboxylic acids is 1. The van der Waals surface area contributed by atoms with Crippen molar-refractivity contribution in [1.29, 1.82) is 0 Å². The van der Waals surface area contributed by atoms with Crippen molar-refractivity contribution in [3.63, 3.8) is 0 Å². The van der Waals surface area contributed by atoms with E-state index in [4.69, 9.17) is 10.5 Å². The number of fused-ring (bicyclic) bond motifs is 7. The minimum Gasteiger partial charge on any atom is -0.466 e. The fraction of sp³-hybridized carbons (Fsp3) is 0.757. The highest BCUT2D eigenvalue weighted by Crippen LogP contribution is 2.76. The highest BCUT2D eigenvalue weighted by molar-refractivity contribution is 5.89. The van der Waals surface area contributed by atoms with Gasteiger partial charge in [0.05, 0.1) is 7.11 Å². The minimum absolute atomic E-state index is 0.0263. The molecule has 0 amide bonds. The molecule has 3 nitrogen and oxygen atoms in total. The van der Waals surface area contributed by atoms with Crippen molar-refractivity contribution in [3.8, 4) is 0 Å². The van der Waals surface area contributed by atoms with E-state index < -0.39 is 0 Å². The molecule has 0 aromatic rings. The van der Waals surface area contributed by atoms with Crippen molar-refractivity contribution >= 4 is 5.97 Å². The second kappa shape index (κ2) is 9.19. The second-order valence-electron chi connectivity index (χ2n) is 16.3. The van der Waals surface area contributed by atoms with E-state index >= 15 is 0 Å². The number of esters is 1. The Bertz CT molecular complexity index is 1200. The summed E-state index contributed by atoms with van der Waals surface area (Å²) in [5.41, 5.74) is 13.6. The van der Waals surface area contributed by atoms with Crippen molar-refractivity contribution < 1.29 is 9.53 Å². The van der Waals surface area contributed by atoms with Gasteiger partial charge in [0.15, 0.2) is 0 Å². The van der Waals surface area contributed by atoms with Crippen LogP contribution in [0.25, 0.3) is 0 Å². The van der Waals surface area contributed by atoms with Crippen LogP contribution in [0.3, 0.4) is 0 Å². The average molecular weight is 546 g/mol. The number of carbonyl (C=O) groups is 1. The number of hydrogen-bond acceptors (Lipinski definition) is 3. The normalized spacial score (nSPS) is 47.4. The highest BCUT2D eigenvalue weighted by Gasteiger charge is 2.70. The highest BCUT2D eigenvalue weighted by atomic mass is 16.5. The Morgan fingerprint density at radius 1 is 0.925 bits per heavy atom. The maximum atomic E-state index is 12.1. The molecule has 2 N–H and O–H groups in total. The van der Waals surface area contributed by atoms with E-state index in [0.29, 0.717) is 34.0 Å². The number of ether oxygens (including phenoxy) is 1. The molecule has 3 heteroatoms. The molecule has 0 radical (unpaired) electrons. The van der Waals surface area contributed by atoms with Gasteiger partial charge in [0.1, 0.15) is 0 Å². The average Bonchev–Trinajstić information content (AvgIpc) is 3.26. The summed E-state index contributed by atoms with van der Waals surface area (Å²) in [7, 11) is 1.48. The summed E-state index contributed by atoms with van der Waals surface area (Å²) in [5.74, 6) is 3.19. The van der Waals surface area contributed by atoms with Gasteiger partial charge in [0.25, 0.3) is 0 Å². The summed E-state index contributed by atoms with van der Waals surface area (Å²) in [6.45, 7) is 19.9. The van der Waals surface area contributed by atoms with Gasteiger partial charge in [-0.15, -0.1) is 0 Å². The Hall–Kier alpha value is -1.61. The number of nitrogens with two attached hydrogens (primary N) is 1. The van der Waals surface area contributed by atoms with Gasteiger partial charge in [-0.25, -0.2) is 4.79 Å². The Morgan fingerprint density at radius 2 is 1.68 bits per heavy atom. The lowest BCUT2D eigenvalue weighted by Crippen LogP contribution is -2.67. The third-order valence-corrected chi connectivity index (χ3v) is 14.7. The van der Waals surface area contributed by atoms with Crippen LogP contribution in [0.15, 0.2) is 47.1 Å². The van der Waals surface area contributed by atoms with Gasteiger partial charge in [0, 0.05) is 11.1 Å². The number of hydrogen-bond donors (Lipinski definition) is 1. The molecule has 0 saturated heterocycles. The number of allylic oxidation sites excluding steroid dienone is 6. The Kier molecular flexibility index (Phi) is 6.55. The molecular formula is C37H55NO2. The van der Waals surface area contributed by atoms with Crippen LogP contribution in [0, 0.1) is 51.2 Å². The number of methoxy groups -OCH3 is 1. The first-order chi connectivity index (χ1) is 18.7. The third kappa shape index (κ3) is 3.67. The first-order valence-electron chi connectivity index (χ1n) is 16.4. The molecule has 40 heavy (non-hydrogen) atoms. The molecule has 0 aliphatic heterocycles. The van der Waals surface area contributed by atoms with E-state index in [-0.39, 0.29) is 16.9 Å². The van der Waals surface area contributed by atoms with Crippen LogP contribution in [0.1, 0.15) is 112 Å². The van der Waals surface area contributed by atoms with Gasteiger partial charge in [-0.3, -0.25) is 0 Å². The molecule has 6 aliphatic carbocycles. The molecule has 4 fully saturated rings. The maximum Gasteiger partial charge on any atom is 0.333 e. The molecule has 6 aliphatic rings. The van der Waals surface area contributed by atoms with Gasteiger partial charge in [-0.05, 0) is 140 Å². The van der Waals surface area contributed by atoms with Crippen LogP contribution in [0.2, 0.25) is 0 Å². The first kappa shape index (κ1) is 28.5. The number of rotatable bonds is 3. The summed E-state index contributed by atoms with van der Waals surface area (Å²) >= 11 is 0. The molecule has 4 saturated carbocycles. The predicted molar refractivity (Wildman–Crippen MR) is 164 cm³/mol. The Balaban J connectivity index is 1.33. The Labute approximate surface area is 244 Å². The van der Waals surface area contributed by atoms with E-state index in [1.165, 1.54) is 76.0 Å². The SMILES string of the molecule is C=C(C)[C@@H]1CCC2(N)CC[C@]3(C)[C@H](CC[C@@H]4[C@@]5(C)CC=C(C6=CC=C(C(=O)OC)CC6)C(C)(C)[C@@H]5CC[C@]43C)[C@@H]12. The van der Waals surface area contributed by atoms with Crippen molar-refractivity contribution in [2.45, 2.75) is 118 Å². The summed E-state index contributed by atoms with van der Waals surface area (Å²) in [4.78, 5) is 12.1. The third-order valence-electron chi connectivity index (χ3n) is 14.7. The lowest BCUT2D eigenvalue weighted by Gasteiger charge is -2.72. The maximum absolute atomic E-state index is 12.1. The van der Waals surface area contributed by atoms with Gasteiger partial charge >= 0.3 is 5.97 Å². The Morgan fingerprint density at radius 3 is 2.33 bits per heavy atom. The summed E-state index contributed by atoms with van der Waals surface area (Å²) in [6.07, 6.45) is 20.0. The molecule has 6 rings (SSSR count). The fourth-order valence-corrected chi connectivity index (χ4v) is 12.5. The fourth-order valence-electron chi connectivity index (χ4n) is 12.5. The molecule has 9 atom stereocenters. The van der Waals surface area contributed by atoms with E-state index in [2.05, 4.69) is 60.3 Å². The summed E-state index contributed by atoms with van der Waals surface area (Å²) < 4.78 is 4.98. The van der Waals surface area contributed by atoms with E-state index in [9.17, 15) is 4.79 Å². The molecule has 1 unspecified atom stereocenters. The van der Waals surface area contributed by atoms with Crippen molar-refractivity contribution in [3.05, 3.63) is 47.1 Å². The minimum atomic E-state index is -0.183. The monoisotopic (exact) mass is 545 g/mol. The zero-order valence-electron chi connectivity index (χ0n) is 26.5. The molecule has 220 valence electrons. The van der Waals surface area contributed by atoms with Crippen LogP contribution in [-0.4, -0.2) is 18.6 Å². The molecule has 0 aromatic carbocycles. The standard InChI is InChI=1S/C37H55NO2/c1-23(2)26-15-20-37(38)22-21-35(6)28(31(26)37)13-14-30-34(5)18-16-27(24-9-11-25(12-10-24)32(39)40-8)33(3,4)29(34)17-19-36(30,35)7/h9,11,16,26,28-31H,1,10,12-15,17-22,38H2,2-8H3/t26-,28+,29-,30+,31+,34-,35+,36+,37?/m0/s1. The van der Waals surface area contributed by atoms with Gasteiger partial charge < -0.3 is 10.5 Å². The van der Waals surface area contributed by atoms with Crippen LogP contribution >= 0.6 is 0 Å². The molecule has 0 heterocycles. The van der Waals surface area contributed by atoms with Crippen molar-refractivity contribution in [2.75, 3.05) is 7.11 Å². The molecular weight excluding hydrogens is 490 g/mol. The first-order valence-corrected chi connectivity index (χ1v) is 16.4. The van der Waals surface area contributed by atoms with Crippen LogP contribution in [0.4, 0.5) is 0 Å². The lowest BCUT2D eigenvalue weighted by atomic mass is 9.33. The quantitative estimate of drug-likeness (QED) is 0.285.